The van der Waals surface area contributed by atoms with Gasteiger partial charge >= 0.3 is 0 Å². The number of rotatable bonds is 7. The van der Waals surface area contributed by atoms with E-state index in [0.29, 0.717) is 11.4 Å². The van der Waals surface area contributed by atoms with Crippen molar-refractivity contribution in [2.75, 3.05) is 10.7 Å². The molecule has 2 aromatic carbocycles. The van der Waals surface area contributed by atoms with Crippen LogP contribution in [0, 0.1) is 20.8 Å². The Morgan fingerprint density at radius 1 is 1.06 bits per heavy atom. The van der Waals surface area contributed by atoms with Gasteiger partial charge < -0.3 is 10.1 Å². The number of hydrogen-bond donors (Lipinski definition) is 3. The highest BCUT2D eigenvalue weighted by molar-refractivity contribution is 6.34. The Kier molecular flexibility index (Phi) is 7.27. The van der Waals surface area contributed by atoms with Crippen LogP contribution in [0.2, 0.25) is 5.02 Å². The van der Waals surface area contributed by atoms with Crippen LogP contribution in [-0.2, 0) is 4.79 Å². The van der Waals surface area contributed by atoms with E-state index in [1.165, 1.54) is 6.20 Å². The third-order valence-corrected chi connectivity index (χ3v) is 5.07. The van der Waals surface area contributed by atoms with Crippen molar-refractivity contribution in [3.8, 4) is 5.75 Å². The first kappa shape index (κ1) is 23.0. The molecule has 0 saturated carbocycles. The molecular formula is C23H24ClN5O3. The number of aryl methyl sites for hydroxylation is 2. The topological polar surface area (TPSA) is 105 Å². The summed E-state index contributed by atoms with van der Waals surface area (Å²) in [7, 11) is 0. The van der Waals surface area contributed by atoms with Crippen molar-refractivity contribution in [2.45, 2.75) is 33.8 Å². The Bertz CT molecular complexity index is 1130. The first-order valence-electron chi connectivity index (χ1n) is 9.94. The Balaban J connectivity index is 1.62. The molecule has 0 bridgehead atoms. The van der Waals surface area contributed by atoms with Crippen LogP contribution >= 0.6 is 11.6 Å². The van der Waals surface area contributed by atoms with E-state index in [9.17, 15) is 9.59 Å². The minimum Gasteiger partial charge on any atom is -0.481 e. The molecule has 0 radical (unpaired) electrons. The zero-order chi connectivity index (χ0) is 23.3. The summed E-state index contributed by atoms with van der Waals surface area (Å²) in [6.07, 6.45) is 0.503. The Labute approximate surface area is 191 Å². The zero-order valence-electron chi connectivity index (χ0n) is 18.2. The molecule has 2 amide bonds. The quantitative estimate of drug-likeness (QED) is 0.462. The summed E-state index contributed by atoms with van der Waals surface area (Å²) in [5.41, 5.74) is 8.75. The maximum atomic E-state index is 12.6. The second kappa shape index (κ2) is 10.1. The highest BCUT2D eigenvalue weighted by atomic mass is 35.5. The number of nitrogens with one attached hydrogen (secondary N) is 3. The second-order valence-electron chi connectivity index (χ2n) is 7.28. The highest BCUT2D eigenvalue weighted by Gasteiger charge is 2.18. The lowest BCUT2D eigenvalue weighted by atomic mass is 10.1. The van der Waals surface area contributed by atoms with E-state index in [-0.39, 0.29) is 16.7 Å². The van der Waals surface area contributed by atoms with E-state index in [0.717, 1.165) is 16.7 Å². The number of anilines is 2. The summed E-state index contributed by atoms with van der Waals surface area (Å²) >= 11 is 6.09. The van der Waals surface area contributed by atoms with Gasteiger partial charge in [0.2, 0.25) is 5.95 Å². The Morgan fingerprint density at radius 2 is 1.78 bits per heavy atom. The van der Waals surface area contributed by atoms with Gasteiger partial charge in [-0.15, -0.1) is 0 Å². The molecule has 3 N–H and O–H groups in total. The Hall–Kier alpha value is -3.65. The largest absolute Gasteiger partial charge is 0.481 e. The molecular weight excluding hydrogens is 430 g/mol. The second-order valence-corrected chi connectivity index (χ2v) is 7.69. The molecule has 0 aliphatic carbocycles. The smallest absolute Gasteiger partial charge is 0.279 e. The van der Waals surface area contributed by atoms with Crippen molar-refractivity contribution in [1.29, 1.82) is 0 Å². The van der Waals surface area contributed by atoms with Gasteiger partial charge in [0, 0.05) is 5.69 Å². The van der Waals surface area contributed by atoms with Crippen LogP contribution in [0.25, 0.3) is 0 Å². The van der Waals surface area contributed by atoms with Crippen LogP contribution in [-0.4, -0.2) is 27.9 Å². The monoisotopic (exact) mass is 453 g/mol. The summed E-state index contributed by atoms with van der Waals surface area (Å²) in [5.74, 6) is -0.293. The van der Waals surface area contributed by atoms with Gasteiger partial charge in [-0.3, -0.25) is 20.4 Å². The van der Waals surface area contributed by atoms with Gasteiger partial charge in [0.1, 0.15) is 5.75 Å². The van der Waals surface area contributed by atoms with Crippen LogP contribution < -0.4 is 20.9 Å². The van der Waals surface area contributed by atoms with Crippen LogP contribution in [0.15, 0.2) is 48.7 Å². The van der Waals surface area contributed by atoms with Crippen LogP contribution in [0.5, 0.6) is 5.75 Å². The van der Waals surface area contributed by atoms with E-state index in [2.05, 4.69) is 26.1 Å². The number of carbonyl (C=O) groups excluding carboxylic acids is 2. The van der Waals surface area contributed by atoms with Crippen LogP contribution in [0.4, 0.5) is 11.6 Å². The van der Waals surface area contributed by atoms with Gasteiger partial charge in [0.15, 0.2) is 11.8 Å². The molecule has 0 fully saturated rings. The summed E-state index contributed by atoms with van der Waals surface area (Å²) in [4.78, 5) is 33.1. The SMILES string of the molecule is Cc1ccc(NC(=O)c2nc(NNC(=O)[C@H](C)Oc3cccc(C)c3C)ncc2Cl)cc1. The molecule has 166 valence electrons. The molecule has 1 aromatic heterocycles. The molecule has 32 heavy (non-hydrogen) atoms. The fourth-order valence-corrected chi connectivity index (χ4v) is 2.91. The zero-order valence-corrected chi connectivity index (χ0v) is 18.9. The fraction of sp³-hybridized carbons (Fsp3) is 0.217. The molecule has 3 aromatic rings. The van der Waals surface area contributed by atoms with Gasteiger partial charge in [0.05, 0.1) is 11.2 Å². The fourth-order valence-electron chi connectivity index (χ4n) is 2.73. The molecule has 9 heteroatoms. The molecule has 8 nitrogen and oxygen atoms in total. The van der Waals surface area contributed by atoms with Crippen molar-refractivity contribution < 1.29 is 14.3 Å². The molecule has 1 heterocycles. The number of nitrogens with zero attached hydrogens (tertiary/aromatic N) is 2. The van der Waals surface area contributed by atoms with Crippen molar-refractivity contribution in [3.05, 3.63) is 76.1 Å². The summed E-state index contributed by atoms with van der Waals surface area (Å²) < 4.78 is 5.75. The number of halogens is 1. The normalized spacial score (nSPS) is 11.4. The molecule has 1 atom stereocenters. The Morgan fingerprint density at radius 3 is 2.50 bits per heavy atom. The van der Waals surface area contributed by atoms with E-state index < -0.39 is 17.9 Å². The van der Waals surface area contributed by atoms with Gasteiger partial charge in [-0.05, 0) is 57.0 Å². The van der Waals surface area contributed by atoms with Gasteiger partial charge in [-0.25, -0.2) is 9.97 Å². The van der Waals surface area contributed by atoms with Crippen LogP contribution in [0.3, 0.4) is 0 Å². The maximum Gasteiger partial charge on any atom is 0.279 e. The third-order valence-electron chi connectivity index (χ3n) is 4.79. The first-order valence-corrected chi connectivity index (χ1v) is 10.3. The third kappa shape index (κ3) is 5.73. The summed E-state index contributed by atoms with van der Waals surface area (Å²) in [6.45, 7) is 7.48. The minimum absolute atomic E-state index is 0.00995. The average Bonchev–Trinajstić information content (AvgIpc) is 2.77. The molecule has 0 saturated heterocycles. The number of aromatic nitrogens is 2. The van der Waals surface area contributed by atoms with E-state index in [1.807, 2.05) is 45.0 Å². The molecule has 0 aliphatic rings. The summed E-state index contributed by atoms with van der Waals surface area (Å²) in [6, 6.07) is 12.9. The minimum atomic E-state index is -0.778. The van der Waals surface area contributed by atoms with Crippen molar-refractivity contribution in [2.24, 2.45) is 0 Å². The molecule has 3 rings (SSSR count). The molecule has 0 spiro atoms. The van der Waals surface area contributed by atoms with Gasteiger partial charge in [-0.1, -0.05) is 41.4 Å². The maximum absolute atomic E-state index is 12.6. The lowest BCUT2D eigenvalue weighted by Crippen LogP contribution is -2.40. The summed E-state index contributed by atoms with van der Waals surface area (Å²) in [5, 5.41) is 2.81. The lowest BCUT2D eigenvalue weighted by Gasteiger charge is -2.17. The molecule has 0 aliphatic heterocycles. The van der Waals surface area contributed by atoms with Crippen molar-refractivity contribution in [1.82, 2.24) is 15.4 Å². The van der Waals surface area contributed by atoms with Gasteiger partial charge in [0.25, 0.3) is 11.8 Å². The number of benzene rings is 2. The average molecular weight is 454 g/mol. The first-order chi connectivity index (χ1) is 15.2. The number of amides is 2. The van der Waals surface area contributed by atoms with E-state index >= 15 is 0 Å². The number of ether oxygens (including phenoxy) is 1. The van der Waals surface area contributed by atoms with E-state index in [4.69, 9.17) is 16.3 Å². The van der Waals surface area contributed by atoms with Crippen molar-refractivity contribution >= 4 is 35.1 Å². The highest BCUT2D eigenvalue weighted by Crippen LogP contribution is 2.22. The molecule has 0 unspecified atom stereocenters. The van der Waals surface area contributed by atoms with Crippen molar-refractivity contribution in [3.63, 3.8) is 0 Å². The number of carbonyl (C=O) groups is 2. The lowest BCUT2D eigenvalue weighted by molar-refractivity contribution is -0.126. The standard InChI is InChI=1S/C23H24ClN5O3/c1-13-8-10-17(11-9-13)26-22(31)20-18(24)12-25-23(27-20)29-28-21(30)16(4)32-19-7-5-6-14(2)15(19)3/h5-12,16H,1-4H3,(H,26,31)(H,28,30)(H,25,27,29)/t16-/m0/s1. The van der Waals surface area contributed by atoms with Gasteiger partial charge in [-0.2, -0.15) is 0 Å². The van der Waals surface area contributed by atoms with E-state index in [1.54, 1.807) is 25.1 Å². The number of hydrazine groups is 1. The predicted octanol–water partition coefficient (Wildman–Crippen LogP) is 4.22. The predicted molar refractivity (Wildman–Crippen MR) is 124 cm³/mol. The number of hydrogen-bond acceptors (Lipinski definition) is 6. The van der Waals surface area contributed by atoms with Crippen LogP contribution in [0.1, 0.15) is 34.1 Å².